The molecule has 4 aromatic rings. The van der Waals surface area contributed by atoms with Gasteiger partial charge in [-0.05, 0) is 47.5 Å². The molecule has 4 aromatic carbocycles. The third-order valence-corrected chi connectivity index (χ3v) is 5.68. The van der Waals surface area contributed by atoms with Crippen LogP contribution in [0.3, 0.4) is 0 Å². The molecule has 134 valence electrons. The Hall–Kier alpha value is -3.05. The first-order chi connectivity index (χ1) is 12.9. The molecule has 0 amide bonds. The van der Waals surface area contributed by atoms with Crippen molar-refractivity contribution in [2.24, 2.45) is 0 Å². The maximum atomic E-state index is 12.3. The second-order valence-corrected chi connectivity index (χ2v) is 8.05. The Balaban J connectivity index is 2.01. The summed E-state index contributed by atoms with van der Waals surface area (Å²) >= 11 is 0. The molecule has 5 heteroatoms. The highest BCUT2D eigenvalue weighted by Crippen LogP contribution is 2.48. The average Bonchev–Trinajstić information content (AvgIpc) is 2.73. The second-order valence-electron chi connectivity index (χ2n) is 6.90. The van der Waals surface area contributed by atoms with Gasteiger partial charge < -0.3 is 8.37 Å². The zero-order valence-corrected chi connectivity index (χ0v) is 15.6. The fraction of sp³-hybridized carbons (Fsp3) is 0.0909. The molecule has 0 saturated heterocycles. The minimum Gasteiger partial charge on any atom is -0.352 e. The summed E-state index contributed by atoms with van der Waals surface area (Å²) in [5.74, 6) is 0.552. The summed E-state index contributed by atoms with van der Waals surface area (Å²) in [6, 6.07) is 19.3. The first kappa shape index (κ1) is 16.1. The van der Waals surface area contributed by atoms with Crippen LogP contribution in [0.25, 0.3) is 32.7 Å². The van der Waals surface area contributed by atoms with Crippen LogP contribution in [0.4, 0.5) is 0 Å². The Labute approximate surface area is 157 Å². The third kappa shape index (κ3) is 2.54. The van der Waals surface area contributed by atoms with Gasteiger partial charge in [0.25, 0.3) is 0 Å². The van der Waals surface area contributed by atoms with Gasteiger partial charge >= 0.3 is 10.4 Å². The molecule has 0 radical (unpaired) electrons. The predicted octanol–water partition coefficient (Wildman–Crippen LogP) is 5.29. The summed E-state index contributed by atoms with van der Waals surface area (Å²) in [6.45, 7) is 4.06. The van der Waals surface area contributed by atoms with Gasteiger partial charge in [0.15, 0.2) is 11.5 Å². The molecule has 0 atom stereocenters. The Kier molecular flexibility index (Phi) is 3.27. The molecule has 0 saturated carbocycles. The number of fused-ring (bicyclic) bond motifs is 7. The van der Waals surface area contributed by atoms with Crippen LogP contribution >= 0.6 is 0 Å². The number of rotatable bonds is 0. The third-order valence-electron chi connectivity index (χ3n) is 4.91. The molecule has 0 spiro atoms. The van der Waals surface area contributed by atoms with Crippen molar-refractivity contribution < 1.29 is 16.8 Å². The monoisotopic (exact) mass is 376 g/mol. The molecule has 0 N–H and O–H groups in total. The van der Waals surface area contributed by atoms with E-state index >= 15 is 0 Å². The summed E-state index contributed by atoms with van der Waals surface area (Å²) in [5, 5.41) is 3.89. The lowest BCUT2D eigenvalue weighted by molar-refractivity contribution is 0.398. The number of benzene rings is 4. The molecule has 0 aromatic heterocycles. The molecule has 1 aliphatic heterocycles. The van der Waals surface area contributed by atoms with Crippen LogP contribution in [-0.4, -0.2) is 8.42 Å². The predicted molar refractivity (Wildman–Crippen MR) is 107 cm³/mol. The highest BCUT2D eigenvalue weighted by molar-refractivity contribution is 7.82. The van der Waals surface area contributed by atoms with Gasteiger partial charge in [0.2, 0.25) is 0 Å². The van der Waals surface area contributed by atoms with Gasteiger partial charge in [-0.15, -0.1) is 8.42 Å². The van der Waals surface area contributed by atoms with Crippen molar-refractivity contribution >= 4 is 31.9 Å². The Bertz CT molecular complexity index is 1250. The fourth-order valence-corrected chi connectivity index (χ4v) is 4.50. The lowest BCUT2D eigenvalue weighted by atomic mass is 9.91. The zero-order valence-electron chi connectivity index (χ0n) is 14.8. The van der Waals surface area contributed by atoms with Crippen molar-refractivity contribution in [3.8, 4) is 22.6 Å². The maximum absolute atomic E-state index is 12.3. The van der Waals surface area contributed by atoms with Gasteiger partial charge in [-0.1, -0.05) is 59.7 Å². The van der Waals surface area contributed by atoms with Crippen LogP contribution in [0, 0.1) is 13.8 Å². The number of hydrogen-bond acceptors (Lipinski definition) is 4. The molecule has 0 fully saturated rings. The largest absolute Gasteiger partial charge is 0.501 e. The fourth-order valence-electron chi connectivity index (χ4n) is 3.75. The minimum absolute atomic E-state index is 0.276. The highest BCUT2D eigenvalue weighted by atomic mass is 32.3. The second kappa shape index (κ2) is 5.47. The van der Waals surface area contributed by atoms with Crippen LogP contribution in [0.5, 0.6) is 11.5 Å². The lowest BCUT2D eigenvalue weighted by Gasteiger charge is -2.13. The summed E-state index contributed by atoms with van der Waals surface area (Å²) in [6.07, 6.45) is 0. The Morgan fingerprint density at radius 3 is 1.52 bits per heavy atom. The summed E-state index contributed by atoms with van der Waals surface area (Å²) in [5.41, 5.74) is 3.74. The molecule has 0 bridgehead atoms. The molecule has 1 aliphatic rings. The molecular weight excluding hydrogens is 360 g/mol. The quantitative estimate of drug-likeness (QED) is 0.418. The lowest BCUT2D eigenvalue weighted by Crippen LogP contribution is -2.15. The molecule has 1 heterocycles. The van der Waals surface area contributed by atoms with Crippen molar-refractivity contribution in [3.63, 3.8) is 0 Å². The van der Waals surface area contributed by atoms with E-state index < -0.39 is 10.4 Å². The van der Waals surface area contributed by atoms with Crippen molar-refractivity contribution in [2.45, 2.75) is 13.8 Å². The topological polar surface area (TPSA) is 52.6 Å². The first-order valence-electron chi connectivity index (χ1n) is 8.62. The SMILES string of the molecule is Cc1ccc2c3c(ccc2c1)OS(=O)(=O)Oc1ccc2cc(C)ccc2c1-3. The van der Waals surface area contributed by atoms with Crippen molar-refractivity contribution in [2.75, 3.05) is 0 Å². The summed E-state index contributed by atoms with van der Waals surface area (Å²) in [7, 11) is -4.20. The molecule has 5 rings (SSSR count). The summed E-state index contributed by atoms with van der Waals surface area (Å²) < 4.78 is 35.2. The standard InChI is InChI=1S/C22H16O4S/c1-13-3-7-17-15(11-13)5-9-19-21(17)22-18-8-4-14(2)12-16(18)6-10-20(22)26-27(23,24)25-19/h3-12H,1-2H3. The first-order valence-corrected chi connectivity index (χ1v) is 9.96. The van der Waals surface area contributed by atoms with Gasteiger partial charge in [0.05, 0.1) is 0 Å². The van der Waals surface area contributed by atoms with E-state index in [1.807, 2.05) is 50.2 Å². The number of hydrogen-bond donors (Lipinski definition) is 0. The van der Waals surface area contributed by atoms with E-state index in [-0.39, 0.29) is 11.5 Å². The smallest absolute Gasteiger partial charge is 0.352 e. The van der Waals surface area contributed by atoms with E-state index in [1.54, 1.807) is 12.1 Å². The summed E-state index contributed by atoms with van der Waals surface area (Å²) in [4.78, 5) is 0. The molecular formula is C22H16O4S. The van der Waals surface area contributed by atoms with Crippen LogP contribution in [0.2, 0.25) is 0 Å². The minimum atomic E-state index is -4.20. The van der Waals surface area contributed by atoms with Gasteiger partial charge in [0.1, 0.15) is 0 Å². The van der Waals surface area contributed by atoms with E-state index in [4.69, 9.17) is 8.37 Å². The van der Waals surface area contributed by atoms with Gasteiger partial charge in [-0.2, -0.15) is 0 Å². The van der Waals surface area contributed by atoms with Crippen LogP contribution in [-0.2, 0) is 10.4 Å². The van der Waals surface area contributed by atoms with E-state index in [0.717, 1.165) is 43.8 Å². The molecule has 0 unspecified atom stereocenters. The molecule has 0 aliphatic carbocycles. The van der Waals surface area contributed by atoms with Crippen molar-refractivity contribution in [1.29, 1.82) is 0 Å². The average molecular weight is 376 g/mol. The normalized spacial score (nSPS) is 14.7. The van der Waals surface area contributed by atoms with Gasteiger partial charge in [0, 0.05) is 11.1 Å². The van der Waals surface area contributed by atoms with Crippen molar-refractivity contribution in [1.82, 2.24) is 0 Å². The van der Waals surface area contributed by atoms with E-state index in [9.17, 15) is 8.42 Å². The van der Waals surface area contributed by atoms with E-state index in [2.05, 4.69) is 12.1 Å². The van der Waals surface area contributed by atoms with Crippen molar-refractivity contribution in [3.05, 3.63) is 71.8 Å². The zero-order chi connectivity index (χ0) is 18.8. The van der Waals surface area contributed by atoms with Gasteiger partial charge in [-0.25, -0.2) is 0 Å². The highest BCUT2D eigenvalue weighted by Gasteiger charge is 2.29. The van der Waals surface area contributed by atoms with E-state index in [0.29, 0.717) is 0 Å². The van der Waals surface area contributed by atoms with E-state index in [1.165, 1.54) is 0 Å². The van der Waals surface area contributed by atoms with Crippen LogP contribution in [0.15, 0.2) is 60.7 Å². The number of aryl methyl sites for hydroxylation is 2. The molecule has 4 nitrogen and oxygen atoms in total. The van der Waals surface area contributed by atoms with Crippen LogP contribution in [0.1, 0.15) is 11.1 Å². The Morgan fingerprint density at radius 1 is 0.630 bits per heavy atom. The maximum Gasteiger partial charge on any atom is 0.501 e. The van der Waals surface area contributed by atoms with Crippen LogP contribution < -0.4 is 8.37 Å². The van der Waals surface area contributed by atoms with Gasteiger partial charge in [-0.3, -0.25) is 0 Å². The Morgan fingerprint density at radius 2 is 1.07 bits per heavy atom. The molecule has 27 heavy (non-hydrogen) atoms.